The van der Waals surface area contributed by atoms with Gasteiger partial charge in [0, 0.05) is 34.1 Å². The van der Waals surface area contributed by atoms with Crippen LogP contribution >= 0.6 is 0 Å². The fourth-order valence-corrected chi connectivity index (χ4v) is 7.83. The zero-order valence-corrected chi connectivity index (χ0v) is 31.5. The van der Waals surface area contributed by atoms with Crippen LogP contribution in [0.4, 0.5) is 0 Å². The number of hydrogen-bond donors (Lipinski definition) is 0. The molecule has 0 bridgehead atoms. The molecule has 0 amide bonds. The van der Waals surface area contributed by atoms with E-state index in [-0.39, 0.29) is 0 Å². The van der Waals surface area contributed by atoms with E-state index in [9.17, 15) is 0 Å². The highest BCUT2D eigenvalue weighted by atomic mass is 14.9. The molecule has 0 saturated carbocycles. The lowest BCUT2D eigenvalue weighted by atomic mass is 9.90. The Kier molecular flexibility index (Phi) is 8.74. The highest BCUT2D eigenvalue weighted by molar-refractivity contribution is 6.14. The molecule has 0 atom stereocenters. The lowest BCUT2D eigenvalue weighted by Crippen LogP contribution is -1.97. The van der Waals surface area contributed by atoms with E-state index >= 15 is 0 Å². The molecule has 3 nitrogen and oxygen atoms in total. The van der Waals surface area contributed by atoms with E-state index in [2.05, 4.69) is 193 Å². The SMILES string of the molecule is Cc1ccc(-c2cccc(-c3ccc(-c4cc(-c5nc(-c6ccccc6)cc(-c6ccccc6)n5)cc(-c5cc6ccccc6c6ccccc56)c4)cc3)c2)cn1. The van der Waals surface area contributed by atoms with Gasteiger partial charge in [0.2, 0.25) is 0 Å². The number of rotatable bonds is 7. The normalized spacial score (nSPS) is 11.2. The van der Waals surface area contributed by atoms with Gasteiger partial charge in [-0.15, -0.1) is 0 Å². The van der Waals surface area contributed by atoms with Crippen LogP contribution in [0, 0.1) is 6.92 Å². The van der Waals surface area contributed by atoms with E-state index < -0.39 is 0 Å². The Hall–Kier alpha value is -7.49. The van der Waals surface area contributed by atoms with Gasteiger partial charge < -0.3 is 0 Å². The lowest BCUT2D eigenvalue weighted by molar-refractivity contribution is 1.18. The topological polar surface area (TPSA) is 38.7 Å². The zero-order valence-electron chi connectivity index (χ0n) is 31.5. The molecule has 57 heavy (non-hydrogen) atoms. The van der Waals surface area contributed by atoms with Crippen molar-refractivity contribution in [3.05, 3.63) is 212 Å². The molecule has 10 aromatic rings. The number of aryl methyl sites for hydroxylation is 1. The minimum atomic E-state index is 0.683. The predicted molar refractivity (Wildman–Crippen MR) is 238 cm³/mol. The number of aromatic nitrogens is 3. The van der Waals surface area contributed by atoms with Gasteiger partial charge in [0.15, 0.2) is 5.82 Å². The minimum Gasteiger partial charge on any atom is -0.261 e. The highest BCUT2D eigenvalue weighted by Crippen LogP contribution is 2.40. The second-order valence-corrected chi connectivity index (χ2v) is 14.5. The molecular weight excluding hydrogens is 691 g/mol. The van der Waals surface area contributed by atoms with Crippen molar-refractivity contribution in [2.45, 2.75) is 6.92 Å². The maximum Gasteiger partial charge on any atom is 0.160 e. The monoisotopic (exact) mass is 727 g/mol. The Morgan fingerprint density at radius 1 is 0.316 bits per heavy atom. The summed E-state index contributed by atoms with van der Waals surface area (Å²) in [4.78, 5) is 15.0. The summed E-state index contributed by atoms with van der Waals surface area (Å²) >= 11 is 0. The maximum atomic E-state index is 5.26. The molecule has 0 aliphatic rings. The van der Waals surface area contributed by atoms with Gasteiger partial charge in [-0.3, -0.25) is 4.98 Å². The summed E-state index contributed by atoms with van der Waals surface area (Å²) in [6.45, 7) is 2.02. The predicted octanol–water partition coefficient (Wildman–Crippen LogP) is 14.2. The molecule has 2 heterocycles. The van der Waals surface area contributed by atoms with Gasteiger partial charge in [-0.1, -0.05) is 158 Å². The van der Waals surface area contributed by atoms with Crippen LogP contribution in [-0.2, 0) is 0 Å². The molecule has 0 aliphatic heterocycles. The fourth-order valence-electron chi connectivity index (χ4n) is 7.83. The first kappa shape index (κ1) is 34.0. The molecule has 3 heteroatoms. The van der Waals surface area contributed by atoms with Gasteiger partial charge >= 0.3 is 0 Å². The van der Waals surface area contributed by atoms with Crippen molar-refractivity contribution >= 4 is 21.5 Å². The van der Waals surface area contributed by atoms with Gasteiger partial charge in [0.05, 0.1) is 11.4 Å². The highest BCUT2D eigenvalue weighted by Gasteiger charge is 2.16. The molecule has 0 radical (unpaired) electrons. The van der Waals surface area contributed by atoms with Gasteiger partial charge in [-0.05, 0) is 110 Å². The van der Waals surface area contributed by atoms with Crippen LogP contribution in [0.3, 0.4) is 0 Å². The van der Waals surface area contributed by atoms with E-state index in [4.69, 9.17) is 9.97 Å². The first-order chi connectivity index (χ1) is 28.1. The van der Waals surface area contributed by atoms with Crippen LogP contribution in [0.1, 0.15) is 5.69 Å². The van der Waals surface area contributed by atoms with E-state index in [0.29, 0.717) is 5.82 Å². The van der Waals surface area contributed by atoms with Crippen molar-refractivity contribution in [2.24, 2.45) is 0 Å². The van der Waals surface area contributed by atoms with Crippen molar-refractivity contribution in [1.82, 2.24) is 15.0 Å². The number of benzene rings is 8. The second-order valence-electron chi connectivity index (χ2n) is 14.5. The molecule has 0 fully saturated rings. The van der Waals surface area contributed by atoms with Gasteiger partial charge in [0.1, 0.15) is 0 Å². The summed E-state index contributed by atoms with van der Waals surface area (Å²) in [5, 5.41) is 4.90. The molecular formula is C54H37N3. The number of fused-ring (bicyclic) bond motifs is 3. The molecule has 0 N–H and O–H groups in total. The summed E-state index contributed by atoms with van der Waals surface area (Å²) in [6, 6.07) is 71.2. The Labute approximate surface area is 332 Å². The van der Waals surface area contributed by atoms with E-state index in [1.54, 1.807) is 0 Å². The quantitative estimate of drug-likeness (QED) is 0.153. The maximum absolute atomic E-state index is 5.26. The second kappa shape index (κ2) is 14.6. The summed E-state index contributed by atoms with van der Waals surface area (Å²) in [7, 11) is 0. The number of pyridine rings is 1. The molecule has 10 rings (SSSR count). The third-order valence-corrected chi connectivity index (χ3v) is 10.8. The summed E-state index contributed by atoms with van der Waals surface area (Å²) in [6.07, 6.45) is 1.95. The van der Waals surface area contributed by atoms with Crippen LogP contribution in [-0.4, -0.2) is 15.0 Å². The van der Waals surface area contributed by atoms with Crippen LogP contribution in [0.5, 0.6) is 0 Å². The van der Waals surface area contributed by atoms with Crippen molar-refractivity contribution in [2.75, 3.05) is 0 Å². The molecule has 8 aromatic carbocycles. The number of nitrogens with zero attached hydrogens (tertiary/aromatic N) is 3. The largest absolute Gasteiger partial charge is 0.261 e. The minimum absolute atomic E-state index is 0.683. The summed E-state index contributed by atoms with van der Waals surface area (Å²) in [5.74, 6) is 0.683. The van der Waals surface area contributed by atoms with Crippen molar-refractivity contribution < 1.29 is 0 Å². The summed E-state index contributed by atoms with van der Waals surface area (Å²) in [5.41, 5.74) is 14.9. The Morgan fingerprint density at radius 3 is 1.49 bits per heavy atom. The molecule has 0 spiro atoms. The Morgan fingerprint density at radius 2 is 0.825 bits per heavy atom. The lowest BCUT2D eigenvalue weighted by Gasteiger charge is -2.15. The summed E-state index contributed by atoms with van der Waals surface area (Å²) < 4.78 is 0. The van der Waals surface area contributed by atoms with Gasteiger partial charge in [-0.25, -0.2) is 9.97 Å². The van der Waals surface area contributed by atoms with Crippen LogP contribution in [0.2, 0.25) is 0 Å². The van der Waals surface area contributed by atoms with Gasteiger partial charge in [-0.2, -0.15) is 0 Å². The van der Waals surface area contributed by atoms with Crippen LogP contribution < -0.4 is 0 Å². The first-order valence-corrected chi connectivity index (χ1v) is 19.3. The molecule has 268 valence electrons. The first-order valence-electron chi connectivity index (χ1n) is 19.3. The van der Waals surface area contributed by atoms with Crippen LogP contribution in [0.15, 0.2) is 206 Å². The van der Waals surface area contributed by atoms with E-state index in [1.165, 1.54) is 27.1 Å². The zero-order chi connectivity index (χ0) is 38.1. The van der Waals surface area contributed by atoms with Crippen molar-refractivity contribution in [1.29, 1.82) is 0 Å². The standard InChI is InChI=1S/C54H37N3/c1-36-23-24-44(35-55-36)42-19-12-18-41(29-42)37-25-27-38(28-26-37)45-30-46(51-33-43-17-8-9-20-48(43)49-21-10-11-22-50(49)51)32-47(31-45)54-56-52(39-13-4-2-5-14-39)34-53(57-54)40-15-6-3-7-16-40/h2-35H,1H3. The fraction of sp³-hybridized carbons (Fsp3) is 0.0185. The van der Waals surface area contributed by atoms with Crippen LogP contribution in [0.25, 0.3) is 100.0 Å². The van der Waals surface area contributed by atoms with Crippen molar-refractivity contribution in [3.8, 4) is 78.4 Å². The Balaban J connectivity index is 1.15. The third kappa shape index (κ3) is 6.77. The average Bonchev–Trinajstić information content (AvgIpc) is 3.29. The molecule has 0 saturated heterocycles. The number of hydrogen-bond acceptors (Lipinski definition) is 3. The third-order valence-electron chi connectivity index (χ3n) is 10.8. The van der Waals surface area contributed by atoms with Crippen molar-refractivity contribution in [3.63, 3.8) is 0 Å². The molecule has 2 aromatic heterocycles. The van der Waals surface area contributed by atoms with Gasteiger partial charge in [0.25, 0.3) is 0 Å². The van der Waals surface area contributed by atoms with E-state index in [1.807, 2.05) is 25.3 Å². The average molecular weight is 728 g/mol. The Bertz CT molecular complexity index is 2990. The smallest absolute Gasteiger partial charge is 0.160 e. The molecule has 0 aliphatic carbocycles. The van der Waals surface area contributed by atoms with E-state index in [0.717, 1.165) is 72.7 Å². The molecule has 0 unspecified atom stereocenters.